The van der Waals surface area contributed by atoms with E-state index in [9.17, 15) is 23.1 Å². The van der Waals surface area contributed by atoms with Crippen molar-refractivity contribution in [1.29, 1.82) is 0 Å². The van der Waals surface area contributed by atoms with E-state index in [4.69, 9.17) is 4.99 Å². The quantitative estimate of drug-likeness (QED) is 0.459. The normalized spacial score (nSPS) is 27.5. The summed E-state index contributed by atoms with van der Waals surface area (Å²) in [6.45, 7) is 8.98. The average Bonchev–Trinajstić information content (AvgIpc) is 3.41. The molecule has 0 aromatic heterocycles. The number of benzene rings is 1. The molecule has 11 heteroatoms. The zero-order valence-corrected chi connectivity index (χ0v) is 24.9. The SMILES string of the molecule is Cc1cc(N2C(=O)CNC2O)cc(C)c1CCS(=O)(=O)N1CCC2(CC1)N=C(C1CCC(C(C)C)CC1)NC2=O. The number of sulfonamides is 1. The number of carbonyl (C=O) groups is 2. The molecule has 1 aliphatic carbocycles. The van der Waals surface area contributed by atoms with Crippen molar-refractivity contribution in [3.05, 3.63) is 28.8 Å². The van der Waals surface area contributed by atoms with Crippen LogP contribution < -0.4 is 15.5 Å². The summed E-state index contributed by atoms with van der Waals surface area (Å²) in [5.74, 6) is 2.20. The van der Waals surface area contributed by atoms with Gasteiger partial charge in [-0.15, -0.1) is 0 Å². The fraction of sp³-hybridized carbons (Fsp3) is 0.690. The Hall–Kier alpha value is -2.34. The molecule has 10 nitrogen and oxygen atoms in total. The van der Waals surface area contributed by atoms with Gasteiger partial charge in [0.15, 0.2) is 6.35 Å². The van der Waals surface area contributed by atoms with Gasteiger partial charge in [0.1, 0.15) is 11.4 Å². The number of aliphatic imine (C=N–C) groups is 1. The van der Waals surface area contributed by atoms with Crippen LogP contribution >= 0.6 is 0 Å². The van der Waals surface area contributed by atoms with Crippen LogP contribution in [0.1, 0.15) is 69.1 Å². The second-order valence-electron chi connectivity index (χ2n) is 12.4. The third-order valence-corrected chi connectivity index (χ3v) is 11.4. The molecular weight excluding hydrogens is 530 g/mol. The van der Waals surface area contributed by atoms with E-state index in [-0.39, 0.29) is 37.2 Å². The van der Waals surface area contributed by atoms with E-state index in [0.29, 0.717) is 36.8 Å². The van der Waals surface area contributed by atoms with E-state index in [1.807, 2.05) is 26.0 Å². The lowest BCUT2D eigenvalue weighted by atomic mass is 9.76. The molecule has 1 saturated carbocycles. The Kier molecular flexibility index (Phi) is 8.13. The van der Waals surface area contributed by atoms with E-state index in [0.717, 1.165) is 54.1 Å². The minimum Gasteiger partial charge on any atom is -0.360 e. The van der Waals surface area contributed by atoms with Crippen LogP contribution in [-0.2, 0) is 26.0 Å². The highest BCUT2D eigenvalue weighted by molar-refractivity contribution is 7.89. The van der Waals surface area contributed by atoms with Gasteiger partial charge in [0.25, 0.3) is 5.91 Å². The smallest absolute Gasteiger partial charge is 0.253 e. The predicted octanol–water partition coefficient (Wildman–Crippen LogP) is 2.21. The Morgan fingerprint density at radius 3 is 2.25 bits per heavy atom. The molecule has 0 radical (unpaired) electrons. The summed E-state index contributed by atoms with van der Waals surface area (Å²) in [5, 5.41) is 15.9. The number of nitrogens with zero attached hydrogens (tertiary/aromatic N) is 3. The monoisotopic (exact) mass is 573 g/mol. The third-order valence-electron chi connectivity index (χ3n) is 9.56. The van der Waals surface area contributed by atoms with Crippen LogP contribution in [0.2, 0.25) is 0 Å². The number of anilines is 1. The van der Waals surface area contributed by atoms with Gasteiger partial charge in [-0.05, 0) is 99.5 Å². The molecule has 1 atom stereocenters. The molecule has 1 spiro atoms. The Morgan fingerprint density at radius 1 is 1.07 bits per heavy atom. The molecule has 1 aromatic rings. The fourth-order valence-corrected chi connectivity index (χ4v) is 8.37. The van der Waals surface area contributed by atoms with Gasteiger partial charge in [0.05, 0.1) is 12.3 Å². The summed E-state index contributed by atoms with van der Waals surface area (Å²) in [6, 6.07) is 3.63. The van der Waals surface area contributed by atoms with Crippen molar-refractivity contribution in [2.24, 2.45) is 22.7 Å². The van der Waals surface area contributed by atoms with Crippen LogP contribution in [0.15, 0.2) is 17.1 Å². The van der Waals surface area contributed by atoms with Crippen molar-refractivity contribution in [3.63, 3.8) is 0 Å². The van der Waals surface area contributed by atoms with Crippen LogP contribution in [0.5, 0.6) is 0 Å². The van der Waals surface area contributed by atoms with Crippen LogP contribution in [-0.4, -0.2) is 72.8 Å². The minimum atomic E-state index is -3.53. The lowest BCUT2D eigenvalue weighted by Crippen LogP contribution is -2.51. The summed E-state index contributed by atoms with van der Waals surface area (Å²) in [6.07, 6.45) is 4.49. The standard InChI is InChI=1S/C29H43N5O5S/c1-18(2)21-5-7-22(8-6-21)26-31-27(36)29(32-26)10-12-33(13-11-29)40(38,39)14-9-24-19(3)15-23(16-20(24)4)34-25(35)17-30-28(34)37/h15-16,18,21-22,28,30,37H,5-14,17H2,1-4H3,(H,31,32,36). The number of amidine groups is 1. The molecule has 2 saturated heterocycles. The van der Waals surface area contributed by atoms with Gasteiger partial charge < -0.3 is 10.4 Å². The maximum Gasteiger partial charge on any atom is 0.253 e. The van der Waals surface area contributed by atoms with Crippen molar-refractivity contribution in [2.45, 2.75) is 84.5 Å². The molecule has 3 heterocycles. The number of hydrogen-bond donors (Lipinski definition) is 3. The summed E-state index contributed by atoms with van der Waals surface area (Å²) >= 11 is 0. The average molecular weight is 574 g/mol. The van der Waals surface area contributed by atoms with Gasteiger partial charge in [0.2, 0.25) is 15.9 Å². The first-order chi connectivity index (χ1) is 18.9. The van der Waals surface area contributed by atoms with E-state index in [1.165, 1.54) is 9.21 Å². The molecule has 1 aromatic carbocycles. The van der Waals surface area contributed by atoms with E-state index in [1.54, 1.807) is 0 Å². The molecule has 3 fully saturated rings. The van der Waals surface area contributed by atoms with E-state index < -0.39 is 21.9 Å². The zero-order chi connectivity index (χ0) is 28.8. The fourth-order valence-electron chi connectivity index (χ4n) is 6.91. The topological polar surface area (TPSA) is 131 Å². The number of amides is 2. The molecule has 2 amide bonds. The summed E-state index contributed by atoms with van der Waals surface area (Å²) in [5.41, 5.74) is 2.42. The highest BCUT2D eigenvalue weighted by Gasteiger charge is 2.48. The zero-order valence-electron chi connectivity index (χ0n) is 24.1. The number of aliphatic hydroxyl groups is 1. The molecule has 1 unspecified atom stereocenters. The van der Waals surface area contributed by atoms with Crippen molar-refractivity contribution < 1.29 is 23.1 Å². The highest BCUT2D eigenvalue weighted by Crippen LogP contribution is 2.38. The summed E-state index contributed by atoms with van der Waals surface area (Å²) < 4.78 is 28.2. The number of nitrogens with one attached hydrogen (secondary N) is 2. The van der Waals surface area contributed by atoms with Crippen molar-refractivity contribution in [2.75, 3.05) is 30.3 Å². The number of aliphatic hydroxyl groups excluding tert-OH is 1. The summed E-state index contributed by atoms with van der Waals surface area (Å²) in [4.78, 5) is 31.4. The predicted molar refractivity (Wildman–Crippen MR) is 154 cm³/mol. The molecule has 40 heavy (non-hydrogen) atoms. The summed E-state index contributed by atoms with van der Waals surface area (Å²) in [7, 11) is -3.53. The van der Waals surface area contributed by atoms with Crippen molar-refractivity contribution in [3.8, 4) is 0 Å². The van der Waals surface area contributed by atoms with Crippen LogP contribution in [0, 0.1) is 31.6 Å². The lowest BCUT2D eigenvalue weighted by Gasteiger charge is -2.35. The lowest BCUT2D eigenvalue weighted by molar-refractivity contribution is -0.125. The Balaban J connectivity index is 1.20. The Labute approximate surface area is 237 Å². The molecule has 0 bridgehead atoms. The number of carbonyl (C=O) groups excluding carboxylic acids is 2. The van der Waals surface area contributed by atoms with Crippen LogP contribution in [0.4, 0.5) is 5.69 Å². The minimum absolute atomic E-state index is 0.0341. The van der Waals surface area contributed by atoms with Crippen molar-refractivity contribution in [1.82, 2.24) is 14.9 Å². The number of hydrogen-bond acceptors (Lipinski definition) is 7. The second kappa shape index (κ2) is 11.2. The van der Waals surface area contributed by atoms with Gasteiger partial charge in [-0.1, -0.05) is 13.8 Å². The number of rotatable bonds is 7. The van der Waals surface area contributed by atoms with Gasteiger partial charge in [-0.3, -0.25) is 24.8 Å². The maximum atomic E-state index is 13.3. The third kappa shape index (κ3) is 5.57. The van der Waals surface area contributed by atoms with Gasteiger partial charge in [0, 0.05) is 24.7 Å². The molecule has 5 rings (SSSR count). The van der Waals surface area contributed by atoms with Crippen LogP contribution in [0.25, 0.3) is 0 Å². The maximum absolute atomic E-state index is 13.3. The molecule has 3 N–H and O–H groups in total. The number of piperidine rings is 1. The Morgan fingerprint density at radius 2 is 1.70 bits per heavy atom. The second-order valence-corrected chi connectivity index (χ2v) is 14.5. The molecular formula is C29H43N5O5S. The van der Waals surface area contributed by atoms with Crippen LogP contribution in [0.3, 0.4) is 0 Å². The first-order valence-electron chi connectivity index (χ1n) is 14.6. The molecule has 220 valence electrons. The molecule has 4 aliphatic rings. The molecule has 3 aliphatic heterocycles. The Bertz CT molecular complexity index is 1270. The van der Waals surface area contributed by atoms with Gasteiger partial charge in [-0.25, -0.2) is 12.7 Å². The number of aryl methyl sites for hydroxylation is 2. The largest absolute Gasteiger partial charge is 0.360 e. The van der Waals surface area contributed by atoms with Gasteiger partial charge >= 0.3 is 0 Å². The highest BCUT2D eigenvalue weighted by atomic mass is 32.2. The van der Waals surface area contributed by atoms with E-state index in [2.05, 4.69) is 24.5 Å². The van der Waals surface area contributed by atoms with E-state index >= 15 is 0 Å². The van der Waals surface area contributed by atoms with Crippen molar-refractivity contribution >= 4 is 33.4 Å². The first-order valence-corrected chi connectivity index (χ1v) is 16.2. The first kappa shape index (κ1) is 29.2. The van der Waals surface area contributed by atoms with Gasteiger partial charge in [-0.2, -0.15) is 0 Å².